The maximum atomic E-state index is 6.09. The standard InChI is InChI=1S/C18H30N2O/c1-3-12-20-13-6-5-7-16(14-19)18(20)15-8-10-17(11-9-15)21-4-2/h8-11,16,18H,3-7,12-14,19H2,1-2H3. The topological polar surface area (TPSA) is 38.5 Å². The Labute approximate surface area is 129 Å². The maximum absolute atomic E-state index is 6.09. The zero-order valence-corrected chi connectivity index (χ0v) is 13.6. The fourth-order valence-corrected chi connectivity index (χ4v) is 3.51. The van der Waals surface area contributed by atoms with E-state index >= 15 is 0 Å². The van der Waals surface area contributed by atoms with Crippen LogP contribution < -0.4 is 10.5 Å². The largest absolute Gasteiger partial charge is 0.494 e. The van der Waals surface area contributed by atoms with Gasteiger partial charge in [-0.2, -0.15) is 0 Å². The molecule has 3 heteroatoms. The summed E-state index contributed by atoms with van der Waals surface area (Å²) in [4.78, 5) is 2.64. The van der Waals surface area contributed by atoms with Crippen molar-refractivity contribution in [2.24, 2.45) is 11.7 Å². The van der Waals surface area contributed by atoms with E-state index in [0.717, 1.165) is 25.4 Å². The van der Waals surface area contributed by atoms with Crippen LogP contribution in [0.4, 0.5) is 0 Å². The van der Waals surface area contributed by atoms with Crippen LogP contribution in [0.5, 0.6) is 5.75 Å². The van der Waals surface area contributed by atoms with Gasteiger partial charge in [0.25, 0.3) is 0 Å². The fraction of sp³-hybridized carbons (Fsp3) is 0.667. The van der Waals surface area contributed by atoms with E-state index in [1.807, 2.05) is 6.92 Å². The third kappa shape index (κ3) is 4.21. The lowest BCUT2D eigenvalue weighted by Gasteiger charge is -2.35. The summed E-state index contributed by atoms with van der Waals surface area (Å²) in [5.41, 5.74) is 7.48. The first-order valence-electron chi connectivity index (χ1n) is 8.47. The average molecular weight is 290 g/mol. The average Bonchev–Trinajstić information content (AvgIpc) is 2.71. The molecule has 2 atom stereocenters. The Morgan fingerprint density at radius 3 is 2.57 bits per heavy atom. The number of benzene rings is 1. The SMILES string of the molecule is CCCN1CCCCC(CN)C1c1ccc(OCC)cc1. The predicted molar refractivity (Wildman–Crippen MR) is 88.6 cm³/mol. The number of hydrogen-bond acceptors (Lipinski definition) is 3. The molecule has 1 aliphatic rings. The lowest BCUT2D eigenvalue weighted by Crippen LogP contribution is -2.36. The molecule has 1 saturated heterocycles. The number of ether oxygens (including phenoxy) is 1. The number of nitrogens with zero attached hydrogens (tertiary/aromatic N) is 1. The Morgan fingerprint density at radius 2 is 1.95 bits per heavy atom. The first kappa shape index (κ1) is 16.3. The molecule has 1 aromatic carbocycles. The van der Waals surface area contributed by atoms with Gasteiger partial charge in [-0.25, -0.2) is 0 Å². The molecule has 0 aromatic heterocycles. The fourth-order valence-electron chi connectivity index (χ4n) is 3.51. The molecular formula is C18H30N2O. The maximum Gasteiger partial charge on any atom is 0.119 e. The minimum atomic E-state index is 0.466. The third-order valence-corrected chi connectivity index (χ3v) is 4.46. The Bertz CT molecular complexity index is 404. The lowest BCUT2D eigenvalue weighted by atomic mass is 9.89. The van der Waals surface area contributed by atoms with Gasteiger partial charge < -0.3 is 10.5 Å². The summed E-state index contributed by atoms with van der Waals surface area (Å²) in [6, 6.07) is 9.12. The Hall–Kier alpha value is -1.06. The molecule has 2 N–H and O–H groups in total. The number of hydrogen-bond donors (Lipinski definition) is 1. The van der Waals surface area contributed by atoms with Gasteiger partial charge in [-0.15, -0.1) is 0 Å². The minimum Gasteiger partial charge on any atom is -0.494 e. The molecule has 0 radical (unpaired) electrons. The highest BCUT2D eigenvalue weighted by molar-refractivity contribution is 5.30. The van der Waals surface area contributed by atoms with E-state index in [1.165, 1.54) is 37.8 Å². The Balaban J connectivity index is 2.23. The summed E-state index contributed by atoms with van der Waals surface area (Å²) in [7, 11) is 0. The summed E-state index contributed by atoms with van der Waals surface area (Å²) < 4.78 is 5.56. The smallest absolute Gasteiger partial charge is 0.119 e. The summed E-state index contributed by atoms with van der Waals surface area (Å²) >= 11 is 0. The molecule has 1 heterocycles. The molecule has 0 spiro atoms. The van der Waals surface area contributed by atoms with Gasteiger partial charge in [0.15, 0.2) is 0 Å². The highest BCUT2D eigenvalue weighted by atomic mass is 16.5. The van der Waals surface area contributed by atoms with Gasteiger partial charge in [0, 0.05) is 6.04 Å². The van der Waals surface area contributed by atoms with Crippen molar-refractivity contribution < 1.29 is 4.74 Å². The number of rotatable bonds is 6. The Kier molecular flexibility index (Phi) is 6.52. The quantitative estimate of drug-likeness (QED) is 0.870. The first-order chi connectivity index (χ1) is 10.3. The van der Waals surface area contributed by atoms with E-state index in [9.17, 15) is 0 Å². The molecule has 3 nitrogen and oxygen atoms in total. The van der Waals surface area contributed by atoms with Crippen LogP contribution in [0.25, 0.3) is 0 Å². The predicted octanol–water partition coefficient (Wildman–Crippen LogP) is 3.60. The molecule has 0 bridgehead atoms. The summed E-state index contributed by atoms with van der Waals surface area (Å²) in [6.07, 6.45) is 5.04. The van der Waals surface area contributed by atoms with Crippen molar-refractivity contribution in [1.29, 1.82) is 0 Å². The van der Waals surface area contributed by atoms with Gasteiger partial charge in [0.1, 0.15) is 5.75 Å². The van der Waals surface area contributed by atoms with E-state index in [1.54, 1.807) is 0 Å². The van der Waals surface area contributed by atoms with Crippen LogP contribution in [0.2, 0.25) is 0 Å². The van der Waals surface area contributed by atoms with E-state index in [4.69, 9.17) is 10.5 Å². The molecular weight excluding hydrogens is 260 g/mol. The van der Waals surface area contributed by atoms with E-state index < -0.39 is 0 Å². The second kappa shape index (κ2) is 8.40. The Morgan fingerprint density at radius 1 is 1.19 bits per heavy atom. The van der Waals surface area contributed by atoms with Crippen molar-refractivity contribution in [3.05, 3.63) is 29.8 Å². The lowest BCUT2D eigenvalue weighted by molar-refractivity contribution is 0.158. The molecule has 1 aliphatic heterocycles. The van der Waals surface area contributed by atoms with Crippen LogP contribution in [-0.2, 0) is 0 Å². The van der Waals surface area contributed by atoms with Crippen molar-refractivity contribution in [3.63, 3.8) is 0 Å². The van der Waals surface area contributed by atoms with Crippen molar-refractivity contribution in [2.75, 3.05) is 26.2 Å². The monoisotopic (exact) mass is 290 g/mol. The zero-order chi connectivity index (χ0) is 15.1. The van der Waals surface area contributed by atoms with E-state index in [2.05, 4.69) is 36.1 Å². The third-order valence-electron chi connectivity index (χ3n) is 4.46. The van der Waals surface area contributed by atoms with Gasteiger partial charge in [-0.1, -0.05) is 25.5 Å². The molecule has 0 saturated carbocycles. The molecule has 21 heavy (non-hydrogen) atoms. The zero-order valence-electron chi connectivity index (χ0n) is 13.6. The van der Waals surface area contributed by atoms with Crippen LogP contribution in [0.15, 0.2) is 24.3 Å². The van der Waals surface area contributed by atoms with Gasteiger partial charge in [0.05, 0.1) is 6.61 Å². The van der Waals surface area contributed by atoms with E-state index in [-0.39, 0.29) is 0 Å². The van der Waals surface area contributed by atoms with Gasteiger partial charge in [-0.05, 0) is 69.4 Å². The van der Waals surface area contributed by atoms with Crippen molar-refractivity contribution in [3.8, 4) is 5.75 Å². The van der Waals surface area contributed by atoms with Crippen LogP contribution in [0.1, 0.15) is 51.1 Å². The van der Waals surface area contributed by atoms with Crippen molar-refractivity contribution >= 4 is 0 Å². The highest BCUT2D eigenvalue weighted by Crippen LogP contribution is 2.35. The molecule has 0 amide bonds. The van der Waals surface area contributed by atoms with Crippen LogP contribution in [0, 0.1) is 5.92 Å². The molecule has 2 rings (SSSR count). The van der Waals surface area contributed by atoms with Crippen LogP contribution >= 0.6 is 0 Å². The molecule has 1 aromatic rings. The van der Waals surface area contributed by atoms with Crippen LogP contribution in [0.3, 0.4) is 0 Å². The molecule has 0 aliphatic carbocycles. The summed E-state index contributed by atoms with van der Waals surface area (Å²) in [5, 5.41) is 0. The van der Waals surface area contributed by atoms with E-state index in [0.29, 0.717) is 12.0 Å². The molecule has 1 fully saturated rings. The number of nitrogens with two attached hydrogens (primary N) is 1. The molecule has 118 valence electrons. The van der Waals surface area contributed by atoms with Gasteiger partial charge in [-0.3, -0.25) is 4.90 Å². The highest BCUT2D eigenvalue weighted by Gasteiger charge is 2.29. The first-order valence-corrected chi connectivity index (χ1v) is 8.47. The second-order valence-corrected chi connectivity index (χ2v) is 5.97. The summed E-state index contributed by atoms with van der Waals surface area (Å²) in [5.74, 6) is 1.53. The van der Waals surface area contributed by atoms with Crippen LogP contribution in [-0.4, -0.2) is 31.1 Å². The van der Waals surface area contributed by atoms with Crippen molar-refractivity contribution in [2.45, 2.75) is 45.6 Å². The van der Waals surface area contributed by atoms with Gasteiger partial charge >= 0.3 is 0 Å². The normalized spacial score (nSPS) is 23.8. The minimum absolute atomic E-state index is 0.466. The molecule has 2 unspecified atom stereocenters. The van der Waals surface area contributed by atoms with Gasteiger partial charge in [0.2, 0.25) is 0 Å². The van der Waals surface area contributed by atoms with Crippen molar-refractivity contribution in [1.82, 2.24) is 4.90 Å². The second-order valence-electron chi connectivity index (χ2n) is 5.97. The summed E-state index contributed by atoms with van der Waals surface area (Å²) in [6.45, 7) is 8.13. The number of likely N-dealkylation sites (tertiary alicyclic amines) is 1.